The van der Waals surface area contributed by atoms with Crippen LogP contribution in [0.15, 0.2) is 61.2 Å². The summed E-state index contributed by atoms with van der Waals surface area (Å²) in [5, 5.41) is 1.19. The first kappa shape index (κ1) is 18.0. The van der Waals surface area contributed by atoms with Gasteiger partial charge in [0, 0.05) is 15.6 Å². The van der Waals surface area contributed by atoms with E-state index in [0.29, 0.717) is 27.8 Å². The average molecular weight is 387 g/mol. The van der Waals surface area contributed by atoms with E-state index in [2.05, 4.69) is 17.4 Å². The van der Waals surface area contributed by atoms with Crippen LogP contribution < -0.4 is 15.6 Å². The lowest BCUT2D eigenvalue weighted by molar-refractivity contribution is 0.0849. The molecule has 0 aliphatic carbocycles. The molecular weight excluding hydrogens is 372 g/mol. The van der Waals surface area contributed by atoms with Crippen LogP contribution in [-0.4, -0.2) is 18.4 Å². The summed E-state index contributed by atoms with van der Waals surface area (Å²) in [6, 6.07) is 14.0. The molecule has 3 rings (SSSR count). The zero-order chi connectivity index (χ0) is 18.5. The minimum Gasteiger partial charge on any atom is -0.490 e. The number of carbonyl (C=O) groups excluding carboxylic acids is 2. The van der Waals surface area contributed by atoms with Crippen LogP contribution in [-0.2, 0) is 0 Å². The number of carbonyl (C=O) groups is 2. The Morgan fingerprint density at radius 3 is 2.46 bits per heavy atom. The van der Waals surface area contributed by atoms with Gasteiger partial charge in [0.15, 0.2) is 0 Å². The van der Waals surface area contributed by atoms with E-state index in [1.807, 2.05) is 24.3 Å². The van der Waals surface area contributed by atoms with Gasteiger partial charge in [0.05, 0.1) is 5.02 Å². The molecule has 1 heterocycles. The van der Waals surface area contributed by atoms with E-state index in [0.717, 1.165) is 10.1 Å². The highest BCUT2D eigenvalue weighted by Gasteiger charge is 2.17. The molecule has 0 unspecified atom stereocenters. The molecule has 2 amide bonds. The lowest BCUT2D eigenvalue weighted by Crippen LogP contribution is -2.41. The van der Waals surface area contributed by atoms with Gasteiger partial charge in [-0.3, -0.25) is 20.4 Å². The van der Waals surface area contributed by atoms with E-state index < -0.39 is 11.8 Å². The molecule has 2 aromatic carbocycles. The highest BCUT2D eigenvalue weighted by molar-refractivity contribution is 7.21. The van der Waals surface area contributed by atoms with Gasteiger partial charge in [-0.1, -0.05) is 42.5 Å². The largest absolute Gasteiger partial charge is 0.490 e. The molecule has 0 aliphatic rings. The van der Waals surface area contributed by atoms with Gasteiger partial charge < -0.3 is 4.74 Å². The zero-order valence-electron chi connectivity index (χ0n) is 13.6. The monoisotopic (exact) mass is 386 g/mol. The maximum Gasteiger partial charge on any atom is 0.281 e. The summed E-state index contributed by atoms with van der Waals surface area (Å²) in [6.45, 7) is 3.96. The van der Waals surface area contributed by atoms with Crippen LogP contribution in [0.1, 0.15) is 20.0 Å². The molecule has 0 saturated carbocycles. The Morgan fingerprint density at radius 2 is 1.77 bits per heavy atom. The van der Waals surface area contributed by atoms with Crippen LogP contribution >= 0.6 is 22.9 Å². The number of ether oxygens (including phenoxy) is 1. The Kier molecular flexibility index (Phi) is 5.55. The summed E-state index contributed by atoms with van der Waals surface area (Å²) in [5.74, 6) is -0.274. The van der Waals surface area contributed by atoms with Crippen molar-refractivity contribution >= 4 is 44.8 Å². The Labute approximate surface area is 159 Å². The minimum absolute atomic E-state index is 0.348. The second-order valence-electron chi connectivity index (χ2n) is 5.27. The van der Waals surface area contributed by atoms with Crippen molar-refractivity contribution in [3.63, 3.8) is 0 Å². The first-order valence-corrected chi connectivity index (χ1v) is 8.91. The van der Waals surface area contributed by atoms with E-state index >= 15 is 0 Å². The standard InChI is InChI=1S/C19H15ClN2O3S/c1-2-11-25-13-9-7-12(8-10-13)18(23)21-22-19(24)17-16(20)14-5-3-4-6-15(14)26-17/h2-10H,1,11H2,(H,21,23)(H,22,24). The molecule has 0 aliphatic heterocycles. The number of hydrazine groups is 1. The molecule has 5 nitrogen and oxygen atoms in total. The number of hydrogen-bond donors (Lipinski definition) is 2. The zero-order valence-corrected chi connectivity index (χ0v) is 15.2. The molecule has 7 heteroatoms. The summed E-state index contributed by atoms with van der Waals surface area (Å²) in [5.41, 5.74) is 5.16. The summed E-state index contributed by atoms with van der Waals surface area (Å²) in [4.78, 5) is 24.8. The average Bonchev–Trinajstić information content (AvgIpc) is 3.01. The highest BCUT2D eigenvalue weighted by atomic mass is 35.5. The van der Waals surface area contributed by atoms with E-state index in [9.17, 15) is 9.59 Å². The number of fused-ring (bicyclic) bond motifs is 1. The lowest BCUT2D eigenvalue weighted by Gasteiger charge is -2.08. The van der Waals surface area contributed by atoms with Gasteiger partial charge >= 0.3 is 0 Å². The van der Waals surface area contributed by atoms with Crippen molar-refractivity contribution in [2.75, 3.05) is 6.61 Å². The first-order valence-electron chi connectivity index (χ1n) is 7.71. The molecule has 2 N–H and O–H groups in total. The number of halogens is 1. The van der Waals surface area contributed by atoms with Crippen LogP contribution in [0.4, 0.5) is 0 Å². The van der Waals surface area contributed by atoms with Gasteiger partial charge in [0.1, 0.15) is 17.2 Å². The van der Waals surface area contributed by atoms with Crippen molar-refractivity contribution < 1.29 is 14.3 Å². The minimum atomic E-state index is -0.463. The SMILES string of the molecule is C=CCOc1ccc(C(=O)NNC(=O)c2sc3ccccc3c2Cl)cc1. The number of benzene rings is 2. The topological polar surface area (TPSA) is 67.4 Å². The quantitative estimate of drug-likeness (QED) is 0.510. The van der Waals surface area contributed by atoms with Crippen molar-refractivity contribution in [3.8, 4) is 5.75 Å². The fraction of sp³-hybridized carbons (Fsp3) is 0.0526. The number of thiophene rings is 1. The normalized spacial score (nSPS) is 10.3. The molecule has 0 bridgehead atoms. The molecule has 0 saturated heterocycles. The van der Waals surface area contributed by atoms with Gasteiger partial charge in [-0.25, -0.2) is 0 Å². The molecule has 0 radical (unpaired) electrons. The Balaban J connectivity index is 1.64. The Bertz CT molecular complexity index is 967. The van der Waals surface area contributed by atoms with E-state index in [1.165, 1.54) is 11.3 Å². The van der Waals surface area contributed by atoms with Gasteiger partial charge in [-0.15, -0.1) is 11.3 Å². The van der Waals surface area contributed by atoms with Gasteiger partial charge in [-0.2, -0.15) is 0 Å². The molecular formula is C19H15ClN2O3S. The Morgan fingerprint density at radius 1 is 1.08 bits per heavy atom. The van der Waals surface area contributed by atoms with Crippen molar-refractivity contribution in [2.45, 2.75) is 0 Å². The van der Waals surface area contributed by atoms with Crippen LogP contribution in [0.25, 0.3) is 10.1 Å². The third-order valence-electron chi connectivity index (χ3n) is 3.52. The Hall–Kier alpha value is -2.83. The maximum absolute atomic E-state index is 12.3. The summed E-state index contributed by atoms with van der Waals surface area (Å²) in [7, 11) is 0. The number of nitrogens with one attached hydrogen (secondary N) is 2. The van der Waals surface area contributed by atoms with Crippen LogP contribution in [0, 0.1) is 0 Å². The van der Waals surface area contributed by atoms with Crippen molar-refractivity contribution in [3.05, 3.63) is 76.6 Å². The van der Waals surface area contributed by atoms with Crippen molar-refractivity contribution in [2.24, 2.45) is 0 Å². The second kappa shape index (κ2) is 8.03. The van der Waals surface area contributed by atoms with E-state index in [1.54, 1.807) is 30.3 Å². The third kappa shape index (κ3) is 3.87. The maximum atomic E-state index is 12.3. The van der Waals surface area contributed by atoms with Gasteiger partial charge in [0.25, 0.3) is 11.8 Å². The summed E-state index contributed by atoms with van der Waals surface area (Å²) >= 11 is 7.53. The molecule has 3 aromatic rings. The van der Waals surface area contributed by atoms with Crippen LogP contribution in [0.3, 0.4) is 0 Å². The smallest absolute Gasteiger partial charge is 0.281 e. The molecule has 132 valence electrons. The van der Waals surface area contributed by atoms with Gasteiger partial charge in [-0.05, 0) is 30.3 Å². The highest BCUT2D eigenvalue weighted by Crippen LogP contribution is 2.34. The molecule has 0 atom stereocenters. The fourth-order valence-electron chi connectivity index (χ4n) is 2.26. The van der Waals surface area contributed by atoms with Crippen molar-refractivity contribution in [1.82, 2.24) is 10.9 Å². The van der Waals surface area contributed by atoms with Gasteiger partial charge in [0.2, 0.25) is 0 Å². The predicted molar refractivity (Wildman–Crippen MR) is 104 cm³/mol. The third-order valence-corrected chi connectivity index (χ3v) is 5.19. The van der Waals surface area contributed by atoms with E-state index in [4.69, 9.17) is 16.3 Å². The lowest BCUT2D eigenvalue weighted by atomic mass is 10.2. The van der Waals surface area contributed by atoms with E-state index in [-0.39, 0.29) is 0 Å². The van der Waals surface area contributed by atoms with Crippen LogP contribution in [0.5, 0.6) is 5.75 Å². The molecule has 0 spiro atoms. The molecule has 1 aromatic heterocycles. The predicted octanol–water partition coefficient (Wildman–Crippen LogP) is 4.19. The molecule has 0 fully saturated rings. The summed E-state index contributed by atoms with van der Waals surface area (Å²) in [6.07, 6.45) is 1.63. The summed E-state index contributed by atoms with van der Waals surface area (Å²) < 4.78 is 6.26. The first-order chi connectivity index (χ1) is 12.6. The number of rotatable bonds is 5. The fourth-order valence-corrected chi connectivity index (χ4v) is 3.67. The number of amides is 2. The van der Waals surface area contributed by atoms with Crippen LogP contribution in [0.2, 0.25) is 5.02 Å². The number of hydrogen-bond acceptors (Lipinski definition) is 4. The van der Waals surface area contributed by atoms with Crippen molar-refractivity contribution in [1.29, 1.82) is 0 Å². The second-order valence-corrected chi connectivity index (χ2v) is 6.70. The molecule has 26 heavy (non-hydrogen) atoms.